The number of esters is 2. The van der Waals surface area contributed by atoms with Crippen molar-refractivity contribution in [2.24, 2.45) is 0 Å². The Bertz CT molecular complexity index is 1130. The van der Waals surface area contributed by atoms with Crippen molar-refractivity contribution in [1.29, 1.82) is 0 Å². The molecule has 0 bridgehead atoms. The Hall–Kier alpha value is -3.45. The molecular formula is C17H15NO10S2. The Morgan fingerprint density at radius 2 is 1.43 bits per heavy atom. The molecule has 1 aromatic heterocycles. The van der Waals surface area contributed by atoms with Gasteiger partial charge in [-0.15, -0.1) is 11.3 Å². The fraction of sp³-hybridized carbons (Fsp3) is 0.176. The lowest BCUT2D eigenvalue weighted by Crippen LogP contribution is -2.17. The van der Waals surface area contributed by atoms with Crippen LogP contribution in [0.1, 0.15) is 46.3 Å². The summed E-state index contributed by atoms with van der Waals surface area (Å²) < 4.78 is 36.5. The van der Waals surface area contributed by atoms with Gasteiger partial charge in [-0.3, -0.25) is 4.72 Å². The van der Waals surface area contributed by atoms with Gasteiger partial charge in [0.25, 0.3) is 10.0 Å². The number of rotatable bonds is 7. The molecule has 0 amide bonds. The first-order valence-electron chi connectivity index (χ1n) is 7.87. The number of carboxylic acids is 2. The number of ether oxygens (including phenoxy) is 2. The van der Waals surface area contributed by atoms with Gasteiger partial charge in [0, 0.05) is 0 Å². The van der Waals surface area contributed by atoms with Crippen LogP contribution >= 0.6 is 11.3 Å². The summed E-state index contributed by atoms with van der Waals surface area (Å²) in [6.45, 7) is 1.33. The highest BCUT2D eigenvalue weighted by Gasteiger charge is 2.33. The maximum Gasteiger partial charge on any atom is 0.348 e. The van der Waals surface area contributed by atoms with E-state index in [1.54, 1.807) is 0 Å². The highest BCUT2D eigenvalue weighted by Crippen LogP contribution is 2.34. The number of aromatic carboxylic acids is 2. The first-order valence-corrected chi connectivity index (χ1v) is 10.2. The molecule has 0 aliphatic rings. The minimum absolute atomic E-state index is 0.0181. The van der Waals surface area contributed by atoms with Crippen LogP contribution in [0.3, 0.4) is 0 Å². The third-order valence-electron chi connectivity index (χ3n) is 3.80. The van der Waals surface area contributed by atoms with Gasteiger partial charge in [0.2, 0.25) is 0 Å². The SMILES string of the molecule is COC(=O)c1sc(S(=O)(=O)Nc2cc(C(=O)O)cc(C(=O)O)c2)c(C(=O)OC)c1C. The smallest absolute Gasteiger partial charge is 0.348 e. The maximum absolute atomic E-state index is 12.9. The minimum atomic E-state index is -4.55. The molecular weight excluding hydrogens is 442 g/mol. The van der Waals surface area contributed by atoms with Crippen LogP contribution in [0, 0.1) is 6.92 Å². The molecule has 2 aromatic rings. The highest BCUT2D eigenvalue weighted by molar-refractivity contribution is 7.94. The Morgan fingerprint density at radius 3 is 1.87 bits per heavy atom. The largest absolute Gasteiger partial charge is 0.478 e. The van der Waals surface area contributed by atoms with Crippen LogP contribution in [0.15, 0.2) is 22.4 Å². The molecule has 0 fully saturated rings. The van der Waals surface area contributed by atoms with E-state index < -0.39 is 54.8 Å². The van der Waals surface area contributed by atoms with Gasteiger partial charge >= 0.3 is 23.9 Å². The van der Waals surface area contributed by atoms with Crippen molar-refractivity contribution < 1.29 is 47.3 Å². The summed E-state index contributed by atoms with van der Waals surface area (Å²) in [7, 11) is -2.45. The molecule has 11 nitrogen and oxygen atoms in total. The second-order valence-corrected chi connectivity index (χ2v) is 8.61. The summed E-state index contributed by atoms with van der Waals surface area (Å²) in [5.74, 6) is -4.85. The third kappa shape index (κ3) is 4.41. The summed E-state index contributed by atoms with van der Waals surface area (Å²) in [5.41, 5.74) is -1.70. The minimum Gasteiger partial charge on any atom is -0.478 e. The number of methoxy groups -OCH3 is 2. The molecule has 0 aliphatic carbocycles. The molecule has 0 radical (unpaired) electrons. The lowest BCUT2D eigenvalue weighted by atomic mass is 10.1. The Morgan fingerprint density at radius 1 is 0.933 bits per heavy atom. The Balaban J connectivity index is 2.65. The lowest BCUT2D eigenvalue weighted by molar-refractivity contribution is 0.0594. The summed E-state index contributed by atoms with van der Waals surface area (Å²) in [6.07, 6.45) is 0. The van der Waals surface area contributed by atoms with Gasteiger partial charge in [-0.1, -0.05) is 0 Å². The molecule has 2 rings (SSSR count). The highest BCUT2D eigenvalue weighted by atomic mass is 32.2. The van der Waals surface area contributed by atoms with E-state index in [4.69, 9.17) is 10.2 Å². The van der Waals surface area contributed by atoms with Gasteiger partial charge in [-0.05, 0) is 30.7 Å². The second-order valence-electron chi connectivity index (χ2n) is 5.72. The van der Waals surface area contributed by atoms with Crippen LogP contribution in [-0.2, 0) is 19.5 Å². The van der Waals surface area contributed by atoms with Crippen LogP contribution in [0.2, 0.25) is 0 Å². The number of hydrogen-bond donors (Lipinski definition) is 3. The summed E-state index contributed by atoms with van der Waals surface area (Å²) in [5, 5.41) is 18.3. The van der Waals surface area contributed by atoms with Crippen LogP contribution in [0.25, 0.3) is 0 Å². The maximum atomic E-state index is 12.9. The van der Waals surface area contributed by atoms with Crippen LogP contribution < -0.4 is 4.72 Å². The fourth-order valence-corrected chi connectivity index (χ4v) is 5.22. The van der Waals surface area contributed by atoms with Gasteiger partial charge in [0.05, 0.1) is 36.6 Å². The van der Waals surface area contributed by atoms with Crippen molar-refractivity contribution in [2.45, 2.75) is 11.1 Å². The molecule has 3 N–H and O–H groups in total. The molecule has 0 atom stereocenters. The molecule has 30 heavy (non-hydrogen) atoms. The average molecular weight is 457 g/mol. The van der Waals surface area contributed by atoms with Gasteiger partial charge in [0.1, 0.15) is 4.88 Å². The Labute approximate surface area is 173 Å². The van der Waals surface area contributed by atoms with Crippen molar-refractivity contribution in [1.82, 2.24) is 0 Å². The topological polar surface area (TPSA) is 173 Å². The van der Waals surface area contributed by atoms with Crippen molar-refractivity contribution in [3.8, 4) is 0 Å². The van der Waals surface area contributed by atoms with E-state index in [-0.39, 0.29) is 16.1 Å². The Kier molecular flexibility index (Phi) is 6.47. The summed E-state index contributed by atoms with van der Waals surface area (Å²) in [4.78, 5) is 46.4. The van der Waals surface area contributed by atoms with E-state index in [9.17, 15) is 27.6 Å². The first kappa shape index (κ1) is 22.8. The van der Waals surface area contributed by atoms with Crippen molar-refractivity contribution in [3.63, 3.8) is 0 Å². The second kappa shape index (κ2) is 8.51. The van der Waals surface area contributed by atoms with Crippen molar-refractivity contribution in [3.05, 3.63) is 45.3 Å². The van der Waals surface area contributed by atoms with Gasteiger partial charge in [-0.25, -0.2) is 27.6 Å². The monoisotopic (exact) mass is 457 g/mol. The van der Waals surface area contributed by atoms with Crippen LogP contribution in [0.4, 0.5) is 5.69 Å². The standard InChI is InChI=1S/C17H15NO10S2/c1-7-11(15(23)27-2)17(29-12(7)16(24)28-3)30(25,26)18-10-5-8(13(19)20)4-9(6-10)14(21)22/h4-6,18H,1-3H3,(H,19,20)(H,21,22). The molecule has 0 unspecified atom stereocenters. The third-order valence-corrected chi connectivity index (χ3v) is 6.97. The van der Waals surface area contributed by atoms with E-state index in [1.807, 2.05) is 4.72 Å². The zero-order valence-corrected chi connectivity index (χ0v) is 17.3. The molecule has 0 aliphatic heterocycles. The van der Waals surface area contributed by atoms with Crippen molar-refractivity contribution >= 4 is 50.9 Å². The molecule has 160 valence electrons. The predicted octanol–water partition coefficient (Wildman–Crippen LogP) is 1.83. The lowest BCUT2D eigenvalue weighted by Gasteiger charge is -2.10. The van der Waals surface area contributed by atoms with Gasteiger partial charge in [-0.2, -0.15) is 0 Å². The average Bonchev–Trinajstić information content (AvgIpc) is 3.04. The number of thiophene rings is 1. The first-order chi connectivity index (χ1) is 13.9. The molecule has 0 saturated carbocycles. The quantitative estimate of drug-likeness (QED) is 0.520. The molecule has 1 heterocycles. The number of benzene rings is 1. The number of carbonyl (C=O) groups excluding carboxylic acids is 2. The molecule has 1 aromatic carbocycles. The van der Waals surface area contributed by atoms with E-state index in [2.05, 4.69) is 9.47 Å². The van der Waals surface area contributed by atoms with Crippen LogP contribution in [0.5, 0.6) is 0 Å². The number of hydrogen-bond acceptors (Lipinski definition) is 9. The number of anilines is 1. The molecule has 13 heteroatoms. The normalized spacial score (nSPS) is 10.9. The van der Waals surface area contributed by atoms with E-state index >= 15 is 0 Å². The fourth-order valence-electron chi connectivity index (χ4n) is 2.44. The summed E-state index contributed by atoms with van der Waals surface area (Å²) >= 11 is 0.451. The zero-order chi connectivity index (χ0) is 22.8. The number of carboxylic acid groups (broad SMARTS) is 2. The zero-order valence-electron chi connectivity index (χ0n) is 15.7. The van der Waals surface area contributed by atoms with Crippen molar-refractivity contribution in [2.75, 3.05) is 18.9 Å². The molecule has 0 saturated heterocycles. The van der Waals surface area contributed by atoms with Gasteiger partial charge in [0.15, 0.2) is 4.21 Å². The van der Waals surface area contributed by atoms with E-state index in [0.717, 1.165) is 32.4 Å². The van der Waals surface area contributed by atoms with Crippen LogP contribution in [-0.4, -0.2) is 56.7 Å². The number of nitrogens with one attached hydrogen (secondary N) is 1. The predicted molar refractivity (Wildman–Crippen MR) is 103 cm³/mol. The number of carbonyl (C=O) groups is 4. The molecule has 0 spiro atoms. The van der Waals surface area contributed by atoms with E-state index in [0.29, 0.717) is 11.3 Å². The van der Waals surface area contributed by atoms with Gasteiger partial charge < -0.3 is 19.7 Å². The van der Waals surface area contributed by atoms with E-state index in [1.165, 1.54) is 6.92 Å². The number of sulfonamides is 1. The summed E-state index contributed by atoms with van der Waals surface area (Å²) in [6, 6.07) is 2.67.